The Hall–Kier alpha value is -3.54. The molecule has 1 aromatic heterocycles. The first-order chi connectivity index (χ1) is 18.7. The van der Waals surface area contributed by atoms with Gasteiger partial charge in [-0.3, -0.25) is 14.9 Å². The van der Waals surface area contributed by atoms with Crippen molar-refractivity contribution in [2.45, 2.75) is 99.8 Å². The van der Waals surface area contributed by atoms with E-state index in [1.807, 2.05) is 48.5 Å². The van der Waals surface area contributed by atoms with Gasteiger partial charge in [-0.25, -0.2) is 4.98 Å². The second-order valence-corrected chi connectivity index (χ2v) is 15.0. The van der Waals surface area contributed by atoms with Crippen LogP contribution in [0.25, 0.3) is 0 Å². The van der Waals surface area contributed by atoms with E-state index in [1.54, 1.807) is 13.0 Å². The number of amides is 2. The predicted molar refractivity (Wildman–Crippen MR) is 170 cm³/mol. The van der Waals surface area contributed by atoms with Crippen LogP contribution in [-0.4, -0.2) is 21.8 Å². The molecule has 6 nitrogen and oxygen atoms in total. The van der Waals surface area contributed by atoms with Gasteiger partial charge in [0.15, 0.2) is 0 Å². The number of carbonyl (C=O) groups is 2. The second-order valence-electron chi connectivity index (χ2n) is 15.0. The number of rotatable bonds is 8. The van der Waals surface area contributed by atoms with Gasteiger partial charge in [0, 0.05) is 22.9 Å². The van der Waals surface area contributed by atoms with Crippen LogP contribution in [0.2, 0.25) is 0 Å². The van der Waals surface area contributed by atoms with Crippen LogP contribution >= 0.6 is 0 Å². The number of hydrogen-bond acceptors (Lipinski definition) is 4. The zero-order chi connectivity index (χ0) is 30.8. The Morgan fingerprint density at radius 3 is 1.39 bits per heavy atom. The van der Waals surface area contributed by atoms with Crippen LogP contribution in [-0.2, 0) is 10.8 Å². The molecule has 220 valence electrons. The molecule has 3 rings (SSSR count). The van der Waals surface area contributed by atoms with Gasteiger partial charge in [-0.2, -0.15) is 4.98 Å². The van der Waals surface area contributed by atoms with Gasteiger partial charge in [-0.15, -0.1) is 0 Å². The summed E-state index contributed by atoms with van der Waals surface area (Å²) < 4.78 is 0. The lowest BCUT2D eigenvalue weighted by atomic mass is 9.72. The molecular formula is C35H48N4O2. The van der Waals surface area contributed by atoms with Gasteiger partial charge in [0.2, 0.25) is 5.95 Å². The fourth-order valence-electron chi connectivity index (χ4n) is 6.05. The lowest BCUT2D eigenvalue weighted by Crippen LogP contribution is -2.25. The molecule has 0 bridgehead atoms. The molecule has 0 atom stereocenters. The number of nitrogens with one attached hydrogen (secondary N) is 2. The molecule has 0 aliphatic rings. The monoisotopic (exact) mass is 556 g/mol. The quantitative estimate of drug-likeness (QED) is 0.291. The average molecular weight is 557 g/mol. The van der Waals surface area contributed by atoms with Crippen molar-refractivity contribution in [1.82, 2.24) is 9.97 Å². The zero-order valence-electron chi connectivity index (χ0n) is 26.8. The third-order valence-corrected chi connectivity index (χ3v) is 7.12. The molecule has 2 aromatic carbocycles. The highest BCUT2D eigenvalue weighted by Crippen LogP contribution is 2.37. The summed E-state index contributed by atoms with van der Waals surface area (Å²) in [6, 6.07) is 17.1. The van der Waals surface area contributed by atoms with Crippen molar-refractivity contribution in [3.63, 3.8) is 0 Å². The van der Waals surface area contributed by atoms with Crippen LogP contribution in [0.15, 0.2) is 54.6 Å². The van der Waals surface area contributed by atoms with Crippen LogP contribution < -0.4 is 10.6 Å². The van der Waals surface area contributed by atoms with Crippen LogP contribution in [0.3, 0.4) is 0 Å². The van der Waals surface area contributed by atoms with E-state index in [4.69, 9.17) is 0 Å². The summed E-state index contributed by atoms with van der Waals surface area (Å²) in [5, 5.41) is 5.63. The molecule has 0 unspecified atom stereocenters. The van der Waals surface area contributed by atoms with Crippen molar-refractivity contribution in [1.29, 1.82) is 0 Å². The van der Waals surface area contributed by atoms with Gasteiger partial charge in [-0.1, -0.05) is 93.5 Å². The van der Waals surface area contributed by atoms with Crippen molar-refractivity contribution in [2.24, 2.45) is 10.8 Å². The van der Waals surface area contributed by atoms with E-state index in [9.17, 15) is 9.59 Å². The molecule has 2 amide bonds. The van der Waals surface area contributed by atoms with Crippen LogP contribution in [0.4, 0.5) is 11.8 Å². The molecule has 0 aliphatic heterocycles. The van der Waals surface area contributed by atoms with Gasteiger partial charge in [0.1, 0.15) is 5.82 Å². The lowest BCUT2D eigenvalue weighted by molar-refractivity contribution is 0.101. The van der Waals surface area contributed by atoms with Crippen molar-refractivity contribution in [3.8, 4) is 0 Å². The Balaban J connectivity index is 1.70. The Bertz CT molecular complexity index is 1270. The van der Waals surface area contributed by atoms with E-state index in [1.165, 1.54) is 11.1 Å². The third kappa shape index (κ3) is 9.24. The van der Waals surface area contributed by atoms with Crippen LogP contribution in [0.5, 0.6) is 0 Å². The summed E-state index contributed by atoms with van der Waals surface area (Å²) >= 11 is 0. The topological polar surface area (TPSA) is 84.0 Å². The molecule has 1 heterocycles. The maximum atomic E-state index is 13.0. The Kier molecular flexibility index (Phi) is 9.17. The standard InChI is InChI=1S/C35H48N4O2/c1-23-20-28(37-29(40)24-12-16-26(17-13-24)34(8,9)21-32(2,3)4)38-31(36-23)39-30(41)25-14-18-27(19-15-25)35(10,11)22-33(5,6)7/h12-20H,21-22H2,1-11H3,(H2,36,37,38,39,40,41). The van der Waals surface area contributed by atoms with Crippen molar-refractivity contribution in [2.75, 3.05) is 10.6 Å². The van der Waals surface area contributed by atoms with E-state index >= 15 is 0 Å². The smallest absolute Gasteiger partial charge is 0.258 e. The molecular weight excluding hydrogens is 508 g/mol. The highest BCUT2D eigenvalue weighted by molar-refractivity contribution is 6.05. The first-order valence-electron chi connectivity index (χ1n) is 14.4. The number of nitrogens with zero attached hydrogens (tertiary/aromatic N) is 2. The summed E-state index contributed by atoms with van der Waals surface area (Å²) in [5.74, 6) is -0.105. The number of benzene rings is 2. The van der Waals surface area contributed by atoms with Gasteiger partial charge in [0.25, 0.3) is 11.8 Å². The molecule has 0 saturated carbocycles. The zero-order valence-corrected chi connectivity index (χ0v) is 26.8. The Morgan fingerprint density at radius 1 is 0.610 bits per heavy atom. The fourth-order valence-corrected chi connectivity index (χ4v) is 6.05. The van der Waals surface area contributed by atoms with E-state index in [0.29, 0.717) is 22.6 Å². The molecule has 0 saturated heterocycles. The minimum atomic E-state index is -0.304. The van der Waals surface area contributed by atoms with Gasteiger partial charge >= 0.3 is 0 Å². The number of aryl methyl sites for hydroxylation is 1. The summed E-state index contributed by atoms with van der Waals surface area (Å²) in [5.41, 5.74) is 4.44. The normalized spacial score (nSPS) is 12.7. The van der Waals surface area contributed by atoms with Crippen LogP contribution in [0.1, 0.15) is 120 Å². The van der Waals surface area contributed by atoms with E-state index in [2.05, 4.69) is 89.8 Å². The number of carbonyl (C=O) groups excluding carboxylic acids is 2. The summed E-state index contributed by atoms with van der Waals surface area (Å²) in [4.78, 5) is 34.7. The summed E-state index contributed by atoms with van der Waals surface area (Å²) in [7, 11) is 0. The number of aromatic nitrogens is 2. The highest BCUT2D eigenvalue weighted by Gasteiger charge is 2.28. The largest absolute Gasteiger partial charge is 0.306 e. The first kappa shape index (κ1) is 32.0. The lowest BCUT2D eigenvalue weighted by Gasteiger charge is -2.33. The third-order valence-electron chi connectivity index (χ3n) is 7.12. The Morgan fingerprint density at radius 2 is 1.00 bits per heavy atom. The molecule has 3 aromatic rings. The van der Waals surface area contributed by atoms with Gasteiger partial charge in [0.05, 0.1) is 0 Å². The maximum Gasteiger partial charge on any atom is 0.258 e. The predicted octanol–water partition coefficient (Wildman–Crippen LogP) is 8.72. The van der Waals surface area contributed by atoms with E-state index < -0.39 is 0 Å². The molecule has 2 N–H and O–H groups in total. The molecule has 0 radical (unpaired) electrons. The van der Waals surface area contributed by atoms with Gasteiger partial charge in [-0.05, 0) is 76.8 Å². The summed E-state index contributed by atoms with van der Waals surface area (Å²) in [6.45, 7) is 24.1. The Labute approximate surface area is 246 Å². The second kappa shape index (κ2) is 11.8. The first-order valence-corrected chi connectivity index (χ1v) is 14.4. The number of anilines is 2. The maximum absolute atomic E-state index is 13.0. The SMILES string of the molecule is Cc1cc(NC(=O)c2ccc(C(C)(C)CC(C)(C)C)cc2)nc(NC(=O)c2ccc(C(C)(C)CC(C)(C)C)cc2)n1. The van der Waals surface area contributed by atoms with Gasteiger partial charge < -0.3 is 5.32 Å². The molecule has 6 heteroatoms. The molecule has 41 heavy (non-hydrogen) atoms. The van der Waals surface area contributed by atoms with Crippen molar-refractivity contribution < 1.29 is 9.59 Å². The molecule has 0 fully saturated rings. The van der Waals surface area contributed by atoms with E-state index in [-0.39, 0.29) is 39.4 Å². The highest BCUT2D eigenvalue weighted by atomic mass is 16.2. The average Bonchev–Trinajstić information content (AvgIpc) is 2.81. The number of hydrogen-bond donors (Lipinski definition) is 2. The summed E-state index contributed by atoms with van der Waals surface area (Å²) in [6.07, 6.45) is 2.05. The molecule has 0 spiro atoms. The van der Waals surface area contributed by atoms with E-state index in [0.717, 1.165) is 12.8 Å². The molecule has 0 aliphatic carbocycles. The fraction of sp³-hybridized carbons (Fsp3) is 0.486. The van der Waals surface area contributed by atoms with Crippen molar-refractivity contribution >= 4 is 23.6 Å². The minimum absolute atomic E-state index is 0.00686. The van der Waals surface area contributed by atoms with Crippen molar-refractivity contribution in [3.05, 3.63) is 82.5 Å². The van der Waals surface area contributed by atoms with Crippen LogP contribution in [0, 0.1) is 17.8 Å². The minimum Gasteiger partial charge on any atom is -0.306 e.